The van der Waals surface area contributed by atoms with Gasteiger partial charge in [-0.2, -0.15) is 0 Å². The summed E-state index contributed by atoms with van der Waals surface area (Å²) in [7, 11) is 1.66. The second-order valence-corrected chi connectivity index (χ2v) is 17.7. The van der Waals surface area contributed by atoms with E-state index in [1.807, 2.05) is 121 Å². The van der Waals surface area contributed by atoms with Crippen molar-refractivity contribution >= 4 is 51.5 Å². The highest BCUT2D eigenvalue weighted by Crippen LogP contribution is 2.39. The van der Waals surface area contributed by atoms with Gasteiger partial charge in [-0.3, -0.25) is 14.4 Å². The first-order valence-corrected chi connectivity index (χ1v) is 25.6. The number of amides is 3. The average Bonchev–Trinajstić information content (AvgIpc) is 3.93. The molecule has 0 spiro atoms. The van der Waals surface area contributed by atoms with Gasteiger partial charge in [0.2, 0.25) is 0 Å². The molecule has 0 aliphatic carbocycles. The van der Waals surface area contributed by atoms with E-state index in [0.29, 0.717) is 45.9 Å². The van der Waals surface area contributed by atoms with Crippen molar-refractivity contribution in [3.05, 3.63) is 167 Å². The summed E-state index contributed by atoms with van der Waals surface area (Å²) in [6, 6.07) is 40.0. The Balaban J connectivity index is 0.000000175. The van der Waals surface area contributed by atoms with E-state index in [2.05, 4.69) is 37.3 Å². The fourth-order valence-corrected chi connectivity index (χ4v) is 9.21. The number of benzene rings is 5. The molecule has 0 bridgehead atoms. The van der Waals surface area contributed by atoms with Crippen LogP contribution in [-0.4, -0.2) is 70.7 Å². The number of anilines is 3. The van der Waals surface area contributed by atoms with Gasteiger partial charge in [0.1, 0.15) is 11.5 Å². The highest BCUT2D eigenvalue weighted by molar-refractivity contribution is 6.34. The number of nitrogens with two attached hydrogens (primary N) is 3. The molecule has 3 amide bonds. The molecule has 3 aliphatic heterocycles. The first-order chi connectivity index (χ1) is 34.8. The second-order valence-electron chi connectivity index (χ2n) is 17.7. The number of rotatable bonds is 22. The van der Waals surface area contributed by atoms with Crippen molar-refractivity contribution in [2.45, 2.75) is 84.5 Å². The summed E-state index contributed by atoms with van der Waals surface area (Å²) in [6.45, 7) is 7.98. The molecule has 6 N–H and O–H groups in total. The van der Waals surface area contributed by atoms with Gasteiger partial charge in [-0.25, -0.2) is 0 Å². The van der Waals surface area contributed by atoms with Gasteiger partial charge in [-0.05, 0) is 99.0 Å². The summed E-state index contributed by atoms with van der Waals surface area (Å²) in [5.74, 6) is 1.96. The van der Waals surface area contributed by atoms with Crippen LogP contribution in [0.1, 0.15) is 99.5 Å². The molecule has 0 saturated heterocycles. The van der Waals surface area contributed by atoms with E-state index in [-0.39, 0.29) is 17.7 Å². The van der Waals surface area contributed by atoms with Gasteiger partial charge >= 0.3 is 0 Å². The summed E-state index contributed by atoms with van der Waals surface area (Å²) < 4.78 is 10.6. The van der Waals surface area contributed by atoms with Crippen LogP contribution < -0.4 is 41.4 Å². The van der Waals surface area contributed by atoms with E-state index in [9.17, 15) is 14.4 Å². The number of methoxy groups -OCH3 is 1. The summed E-state index contributed by atoms with van der Waals surface area (Å²) in [6.07, 6.45) is 18.3. The monoisotopic (exact) mass is 959 g/mol. The smallest absolute Gasteiger partial charge is 0.258 e. The predicted octanol–water partition coefficient (Wildman–Crippen LogP) is 10.5. The Morgan fingerprint density at radius 1 is 0.451 bits per heavy atom. The van der Waals surface area contributed by atoms with Gasteiger partial charge in [0.05, 0.1) is 30.8 Å². The third-order valence-electron chi connectivity index (χ3n) is 12.8. The highest BCUT2D eigenvalue weighted by Gasteiger charge is 2.33. The molecular weight excluding hydrogens is 885 g/mol. The van der Waals surface area contributed by atoms with Crippen LogP contribution in [0.15, 0.2) is 140 Å². The van der Waals surface area contributed by atoms with Crippen LogP contribution >= 0.6 is 0 Å². The third-order valence-corrected chi connectivity index (χ3v) is 12.8. The van der Waals surface area contributed by atoms with Crippen molar-refractivity contribution in [3.63, 3.8) is 0 Å². The fraction of sp³-hybridized carbons (Fsp3) is 0.350. The predicted molar refractivity (Wildman–Crippen MR) is 293 cm³/mol. The number of nitrogens with zero attached hydrogens (tertiary/aromatic N) is 3. The Morgan fingerprint density at radius 3 is 1.20 bits per heavy atom. The van der Waals surface area contributed by atoms with Crippen LogP contribution in [0.2, 0.25) is 0 Å². The molecule has 0 radical (unpaired) electrons. The number of hydrogen-bond donors (Lipinski definition) is 3. The van der Waals surface area contributed by atoms with Gasteiger partial charge in [0.25, 0.3) is 17.7 Å². The highest BCUT2D eigenvalue weighted by atomic mass is 16.5. The zero-order chi connectivity index (χ0) is 50.4. The minimum atomic E-state index is 0.0522. The third kappa shape index (κ3) is 14.2. The lowest BCUT2D eigenvalue weighted by atomic mass is 10.0. The standard InChI is InChI=1S/C21H24N2O2.C20H22N2O2.C19H28N2O/c1-2-25-17-12-10-16(11-13-17)6-5-8-19-18-7-3-4-9-20(18)23(15-14-22)21(19)24;1-24-16-11-9-15(10-12-16)5-4-7-18-17-6-2-3-8-19(17)22(14-13-21)20(18)23;1-2-3-4-5-6-7-8-12-17-16-11-9-10-13-18(16)21(15-14-20)19(17)22/h3-4,7-13H,2,5-6,14-15,22H2,1H3;2-3,6-12H,4-5,13-14,21H2,1H3;9-13H,2-8,14-15,20H2,1H3/b19-8+;18-7+;17-12+. The number of carbonyl (C=O) groups excluding carboxylic acids is 3. The molecule has 374 valence electrons. The Labute approximate surface area is 422 Å². The number of para-hydroxylation sites is 3. The van der Waals surface area contributed by atoms with E-state index in [1.54, 1.807) is 16.9 Å². The number of ether oxygens (including phenoxy) is 2. The van der Waals surface area contributed by atoms with Crippen LogP contribution in [-0.2, 0) is 27.2 Å². The molecule has 11 nitrogen and oxygen atoms in total. The quantitative estimate of drug-likeness (QED) is 0.0457. The number of carbonyl (C=O) groups is 3. The zero-order valence-corrected chi connectivity index (χ0v) is 42.1. The molecule has 71 heavy (non-hydrogen) atoms. The molecule has 0 aromatic heterocycles. The summed E-state index contributed by atoms with van der Waals surface area (Å²) in [4.78, 5) is 43.3. The van der Waals surface area contributed by atoms with Crippen molar-refractivity contribution in [1.82, 2.24) is 0 Å². The molecule has 0 atom stereocenters. The first kappa shape index (κ1) is 53.6. The Bertz CT molecular complexity index is 2600. The molecule has 8 rings (SSSR count). The number of allylic oxidation sites excluding steroid dienone is 3. The van der Waals surface area contributed by atoms with E-state index >= 15 is 0 Å². The molecule has 11 heteroatoms. The molecular formula is C60H74N6O5. The maximum Gasteiger partial charge on any atom is 0.258 e. The molecule has 5 aromatic carbocycles. The maximum atomic E-state index is 12.7. The minimum absolute atomic E-state index is 0.0522. The fourth-order valence-electron chi connectivity index (χ4n) is 9.21. The van der Waals surface area contributed by atoms with Crippen molar-refractivity contribution in [2.75, 3.05) is 67.7 Å². The van der Waals surface area contributed by atoms with Gasteiger partial charge in [0, 0.05) is 72.7 Å². The Kier molecular flexibility index (Phi) is 21.2. The van der Waals surface area contributed by atoms with E-state index in [0.717, 1.165) is 94.1 Å². The SMILES string of the molecule is CCCCCCCC/C=C1/C(=O)N(CCN)c2ccccc21.CCOc1ccc(CC/C=C2/C(=O)N(CCN)c3ccccc32)cc1.COc1ccc(CC/C=C2/C(=O)N(CCN)c3ccccc32)cc1. The molecule has 0 unspecified atom stereocenters. The minimum Gasteiger partial charge on any atom is -0.497 e. The maximum absolute atomic E-state index is 12.7. The van der Waals surface area contributed by atoms with Crippen LogP contribution in [0.3, 0.4) is 0 Å². The van der Waals surface area contributed by atoms with Crippen molar-refractivity contribution in [1.29, 1.82) is 0 Å². The van der Waals surface area contributed by atoms with Gasteiger partial charge < -0.3 is 41.4 Å². The van der Waals surface area contributed by atoms with Crippen LogP contribution in [0.25, 0.3) is 16.7 Å². The molecule has 0 saturated carbocycles. The molecule has 5 aromatic rings. The topological polar surface area (TPSA) is 157 Å². The lowest BCUT2D eigenvalue weighted by Gasteiger charge is -2.15. The summed E-state index contributed by atoms with van der Waals surface area (Å²) >= 11 is 0. The van der Waals surface area contributed by atoms with Gasteiger partial charge in [-0.1, -0.05) is 136 Å². The van der Waals surface area contributed by atoms with Crippen molar-refractivity contribution in [3.8, 4) is 11.5 Å². The van der Waals surface area contributed by atoms with Crippen LogP contribution in [0, 0.1) is 0 Å². The van der Waals surface area contributed by atoms with Gasteiger partial charge in [0.15, 0.2) is 0 Å². The van der Waals surface area contributed by atoms with Crippen LogP contribution in [0.4, 0.5) is 17.1 Å². The number of unbranched alkanes of at least 4 members (excludes halogenated alkanes) is 6. The second kappa shape index (κ2) is 28.2. The first-order valence-electron chi connectivity index (χ1n) is 25.6. The Morgan fingerprint density at radius 2 is 0.817 bits per heavy atom. The van der Waals surface area contributed by atoms with Gasteiger partial charge in [-0.15, -0.1) is 0 Å². The largest absolute Gasteiger partial charge is 0.497 e. The zero-order valence-electron chi connectivity index (χ0n) is 42.1. The Hall–Kier alpha value is -6.79. The molecule has 0 fully saturated rings. The van der Waals surface area contributed by atoms with E-state index < -0.39 is 0 Å². The lowest BCUT2D eigenvalue weighted by Crippen LogP contribution is -2.31. The van der Waals surface area contributed by atoms with Crippen LogP contribution in [0.5, 0.6) is 11.5 Å². The number of hydrogen-bond acceptors (Lipinski definition) is 8. The number of fused-ring (bicyclic) bond motifs is 3. The number of aryl methyl sites for hydroxylation is 2. The average molecular weight is 959 g/mol. The molecule has 3 aliphatic rings. The van der Waals surface area contributed by atoms with Crippen molar-refractivity contribution < 1.29 is 23.9 Å². The van der Waals surface area contributed by atoms with E-state index in [4.69, 9.17) is 26.7 Å². The molecule has 3 heterocycles. The summed E-state index contributed by atoms with van der Waals surface area (Å²) in [5.41, 5.74) is 27.8. The normalized spacial score (nSPS) is 15.2. The summed E-state index contributed by atoms with van der Waals surface area (Å²) in [5, 5.41) is 0. The van der Waals surface area contributed by atoms with Crippen molar-refractivity contribution in [2.24, 2.45) is 17.2 Å². The van der Waals surface area contributed by atoms with E-state index in [1.165, 1.54) is 49.7 Å². The lowest BCUT2D eigenvalue weighted by molar-refractivity contribution is -0.113.